The van der Waals surface area contributed by atoms with Crippen LogP contribution in [0.5, 0.6) is 5.75 Å². The zero-order valence-electron chi connectivity index (χ0n) is 11.8. The van der Waals surface area contributed by atoms with E-state index in [-0.39, 0.29) is 6.04 Å². The van der Waals surface area contributed by atoms with Crippen molar-refractivity contribution in [1.29, 1.82) is 0 Å². The molecule has 0 fully saturated rings. The molecule has 2 nitrogen and oxygen atoms in total. The first-order chi connectivity index (χ1) is 10.0. The third kappa shape index (κ3) is 3.68. The summed E-state index contributed by atoms with van der Waals surface area (Å²) in [5.41, 5.74) is 1.18. The highest BCUT2D eigenvalue weighted by molar-refractivity contribution is 5.57. The zero-order chi connectivity index (χ0) is 15.4. The summed E-state index contributed by atoms with van der Waals surface area (Å²) in [5, 5.41) is 3.10. The first-order valence-corrected chi connectivity index (χ1v) is 6.65. The van der Waals surface area contributed by atoms with Crippen LogP contribution in [-0.4, -0.2) is 6.61 Å². The summed E-state index contributed by atoms with van der Waals surface area (Å²) in [5.74, 6) is -1.80. The molecule has 112 valence electrons. The van der Waals surface area contributed by atoms with Crippen LogP contribution in [0.4, 0.5) is 18.9 Å². The molecule has 5 heteroatoms. The Morgan fingerprint density at radius 1 is 1.05 bits per heavy atom. The van der Waals surface area contributed by atoms with E-state index in [9.17, 15) is 13.2 Å². The summed E-state index contributed by atoms with van der Waals surface area (Å²) in [6, 6.07) is 7.57. The van der Waals surface area contributed by atoms with E-state index in [4.69, 9.17) is 4.74 Å². The SMILES string of the molecule is CCOc1cc(F)ccc1NC(C)c1ccc(F)c(F)c1. The van der Waals surface area contributed by atoms with Gasteiger partial charge in [-0.25, -0.2) is 13.2 Å². The van der Waals surface area contributed by atoms with Crippen molar-refractivity contribution in [2.45, 2.75) is 19.9 Å². The van der Waals surface area contributed by atoms with Gasteiger partial charge in [-0.3, -0.25) is 0 Å². The van der Waals surface area contributed by atoms with Crippen molar-refractivity contribution in [3.05, 3.63) is 59.4 Å². The van der Waals surface area contributed by atoms with Crippen LogP contribution in [-0.2, 0) is 0 Å². The van der Waals surface area contributed by atoms with Crippen molar-refractivity contribution in [2.75, 3.05) is 11.9 Å². The fourth-order valence-corrected chi connectivity index (χ4v) is 1.99. The fourth-order valence-electron chi connectivity index (χ4n) is 1.99. The molecule has 0 bridgehead atoms. The lowest BCUT2D eigenvalue weighted by Crippen LogP contribution is -2.09. The lowest BCUT2D eigenvalue weighted by Gasteiger charge is -2.18. The minimum absolute atomic E-state index is 0.287. The second-order valence-electron chi connectivity index (χ2n) is 4.61. The van der Waals surface area contributed by atoms with Crippen LogP contribution in [0.25, 0.3) is 0 Å². The standard InChI is InChI=1S/C16H16F3NO/c1-3-21-16-9-12(17)5-7-15(16)20-10(2)11-4-6-13(18)14(19)8-11/h4-10,20H,3H2,1-2H3. The maximum absolute atomic E-state index is 13.3. The molecule has 21 heavy (non-hydrogen) atoms. The normalized spacial score (nSPS) is 12.0. The van der Waals surface area contributed by atoms with E-state index >= 15 is 0 Å². The van der Waals surface area contributed by atoms with Crippen molar-refractivity contribution in [3.8, 4) is 5.75 Å². The number of halogens is 3. The second-order valence-corrected chi connectivity index (χ2v) is 4.61. The number of hydrogen-bond acceptors (Lipinski definition) is 2. The van der Waals surface area contributed by atoms with Crippen LogP contribution in [0, 0.1) is 17.5 Å². The highest BCUT2D eigenvalue weighted by Gasteiger charge is 2.12. The number of nitrogens with one attached hydrogen (secondary N) is 1. The first kappa shape index (κ1) is 15.2. The molecule has 0 heterocycles. The lowest BCUT2D eigenvalue weighted by molar-refractivity contribution is 0.339. The minimum Gasteiger partial charge on any atom is -0.492 e. The van der Waals surface area contributed by atoms with Crippen LogP contribution in [0.1, 0.15) is 25.5 Å². The molecule has 2 rings (SSSR count). The maximum Gasteiger partial charge on any atom is 0.159 e. The number of benzene rings is 2. The first-order valence-electron chi connectivity index (χ1n) is 6.65. The molecule has 0 saturated heterocycles. The highest BCUT2D eigenvalue weighted by Crippen LogP contribution is 2.29. The summed E-state index contributed by atoms with van der Waals surface area (Å²) in [6.45, 7) is 4.00. The van der Waals surface area contributed by atoms with Gasteiger partial charge in [0.25, 0.3) is 0 Å². The van der Waals surface area contributed by atoms with Gasteiger partial charge in [0, 0.05) is 12.1 Å². The van der Waals surface area contributed by atoms with Crippen LogP contribution in [0.2, 0.25) is 0 Å². The molecular formula is C16H16F3NO. The largest absolute Gasteiger partial charge is 0.492 e. The van der Waals surface area contributed by atoms with Gasteiger partial charge in [0.05, 0.1) is 12.3 Å². The van der Waals surface area contributed by atoms with Crippen molar-refractivity contribution in [3.63, 3.8) is 0 Å². The van der Waals surface area contributed by atoms with Gasteiger partial charge >= 0.3 is 0 Å². The highest BCUT2D eigenvalue weighted by atomic mass is 19.2. The third-order valence-corrected chi connectivity index (χ3v) is 3.06. The van der Waals surface area contributed by atoms with Crippen LogP contribution in [0.3, 0.4) is 0 Å². The average molecular weight is 295 g/mol. The second kappa shape index (κ2) is 6.52. The molecule has 1 unspecified atom stereocenters. The van der Waals surface area contributed by atoms with Gasteiger partial charge in [0.1, 0.15) is 11.6 Å². The lowest BCUT2D eigenvalue weighted by atomic mass is 10.1. The molecule has 0 spiro atoms. The van der Waals surface area contributed by atoms with Gasteiger partial charge in [-0.1, -0.05) is 6.07 Å². The van der Waals surface area contributed by atoms with Crippen molar-refractivity contribution in [1.82, 2.24) is 0 Å². The van der Waals surface area contributed by atoms with Crippen LogP contribution in [0.15, 0.2) is 36.4 Å². The maximum atomic E-state index is 13.3. The van der Waals surface area contributed by atoms with Gasteiger partial charge in [-0.2, -0.15) is 0 Å². The van der Waals surface area contributed by atoms with E-state index in [1.807, 2.05) is 0 Å². The van der Waals surface area contributed by atoms with E-state index in [1.54, 1.807) is 19.9 Å². The molecule has 0 aromatic heterocycles. The molecule has 0 aliphatic rings. The van der Waals surface area contributed by atoms with Gasteiger partial charge in [-0.05, 0) is 43.7 Å². The monoisotopic (exact) mass is 295 g/mol. The molecule has 2 aromatic carbocycles. The Kier molecular flexibility index (Phi) is 4.73. The van der Waals surface area contributed by atoms with Gasteiger partial charge in [-0.15, -0.1) is 0 Å². The molecular weight excluding hydrogens is 279 g/mol. The van der Waals surface area contributed by atoms with Crippen molar-refractivity contribution >= 4 is 5.69 Å². The Hall–Kier alpha value is -2.17. The topological polar surface area (TPSA) is 21.3 Å². The van der Waals surface area contributed by atoms with E-state index in [2.05, 4.69) is 5.32 Å². The summed E-state index contributed by atoms with van der Waals surface area (Å²) >= 11 is 0. The van der Waals surface area contributed by atoms with Gasteiger partial charge in [0.15, 0.2) is 11.6 Å². The summed E-state index contributed by atoms with van der Waals surface area (Å²) in [7, 11) is 0. The molecule has 1 N–H and O–H groups in total. The molecule has 0 aliphatic carbocycles. The smallest absolute Gasteiger partial charge is 0.159 e. The Labute approximate surface area is 121 Å². The summed E-state index contributed by atoms with van der Waals surface area (Å²) in [6.07, 6.45) is 0. The average Bonchev–Trinajstić information content (AvgIpc) is 2.45. The fraction of sp³-hybridized carbons (Fsp3) is 0.250. The number of hydrogen-bond donors (Lipinski definition) is 1. The van der Waals surface area contributed by atoms with Crippen molar-refractivity contribution in [2.24, 2.45) is 0 Å². The van der Waals surface area contributed by atoms with Crippen LogP contribution < -0.4 is 10.1 Å². The molecule has 0 radical (unpaired) electrons. The van der Waals surface area contributed by atoms with Crippen LogP contribution >= 0.6 is 0 Å². The Bertz CT molecular complexity index is 631. The molecule has 1 atom stereocenters. The molecule has 0 aliphatic heterocycles. The van der Waals surface area contributed by atoms with E-state index < -0.39 is 17.5 Å². The summed E-state index contributed by atoms with van der Waals surface area (Å²) in [4.78, 5) is 0. The summed E-state index contributed by atoms with van der Waals surface area (Å²) < 4.78 is 44.8. The van der Waals surface area contributed by atoms with Gasteiger partial charge in [0.2, 0.25) is 0 Å². The number of anilines is 1. The zero-order valence-corrected chi connectivity index (χ0v) is 11.8. The Morgan fingerprint density at radius 2 is 1.81 bits per heavy atom. The Balaban J connectivity index is 2.22. The third-order valence-electron chi connectivity index (χ3n) is 3.06. The number of rotatable bonds is 5. The van der Waals surface area contributed by atoms with Crippen molar-refractivity contribution < 1.29 is 17.9 Å². The van der Waals surface area contributed by atoms with Gasteiger partial charge < -0.3 is 10.1 Å². The molecule has 0 saturated carbocycles. The van der Waals surface area contributed by atoms with E-state index in [1.165, 1.54) is 18.2 Å². The minimum atomic E-state index is -0.898. The molecule has 2 aromatic rings. The van der Waals surface area contributed by atoms with E-state index in [0.29, 0.717) is 23.6 Å². The Morgan fingerprint density at radius 3 is 2.48 bits per heavy atom. The number of ether oxygens (including phenoxy) is 1. The predicted molar refractivity (Wildman–Crippen MR) is 76.0 cm³/mol. The van der Waals surface area contributed by atoms with E-state index in [0.717, 1.165) is 12.1 Å². The quantitative estimate of drug-likeness (QED) is 0.865. The molecule has 0 amide bonds. The predicted octanol–water partition coefficient (Wildman–Crippen LogP) is 4.68.